The molecule has 0 N–H and O–H groups in total. The normalized spacial score (nSPS) is 18.8. The number of carbonyl (C=O) groups excluding carboxylic acids is 4. The van der Waals surface area contributed by atoms with Gasteiger partial charge in [-0.1, -0.05) is 19.3 Å². The fraction of sp³-hybridized carbons (Fsp3) is 0.619. The van der Waals surface area contributed by atoms with Gasteiger partial charge in [0, 0.05) is 29.9 Å². The van der Waals surface area contributed by atoms with Gasteiger partial charge in [-0.05, 0) is 32.8 Å². The first kappa shape index (κ1) is 20.3. The minimum Gasteiger partial charge on any atom is -0.469 e. The van der Waals surface area contributed by atoms with Crippen molar-refractivity contribution in [2.45, 2.75) is 65.3 Å². The van der Waals surface area contributed by atoms with Crippen molar-refractivity contribution >= 4 is 23.6 Å². The second kappa shape index (κ2) is 7.89. The van der Waals surface area contributed by atoms with Gasteiger partial charge < -0.3 is 9.30 Å². The van der Waals surface area contributed by atoms with Crippen LogP contribution in [0.1, 0.15) is 66.7 Å². The standard InChI is InChI=1S/C21H28N2O5/c1-14-11-16(15(2)22(14)10-7-19(26)28-3)17(24)13-23-18(25)12-21(20(23)27)8-5-4-6-9-21/h11H,4-10,12-13H2,1-3H3. The molecule has 2 heterocycles. The molecule has 2 aliphatic rings. The lowest BCUT2D eigenvalue weighted by Gasteiger charge is -2.30. The van der Waals surface area contributed by atoms with Crippen molar-refractivity contribution < 1.29 is 23.9 Å². The SMILES string of the molecule is COC(=O)CCn1c(C)cc(C(=O)CN2C(=O)CC3(CCCCC3)C2=O)c1C. The van der Waals surface area contributed by atoms with Crippen LogP contribution in [-0.2, 0) is 25.7 Å². The molecule has 2 fully saturated rings. The fourth-order valence-corrected chi connectivity index (χ4v) is 4.60. The molecule has 0 atom stereocenters. The zero-order chi connectivity index (χ0) is 20.5. The van der Waals surface area contributed by atoms with Crippen molar-refractivity contribution in [2.24, 2.45) is 5.41 Å². The number of rotatable bonds is 6. The minimum atomic E-state index is -0.576. The van der Waals surface area contributed by atoms with Crippen LogP contribution in [0.3, 0.4) is 0 Å². The monoisotopic (exact) mass is 388 g/mol. The summed E-state index contributed by atoms with van der Waals surface area (Å²) in [6.07, 6.45) is 4.95. The highest BCUT2D eigenvalue weighted by atomic mass is 16.5. The van der Waals surface area contributed by atoms with Crippen LogP contribution in [0.15, 0.2) is 6.07 Å². The van der Waals surface area contributed by atoms with Crippen LogP contribution in [0.2, 0.25) is 0 Å². The van der Waals surface area contributed by atoms with E-state index in [-0.39, 0.29) is 43.0 Å². The van der Waals surface area contributed by atoms with E-state index < -0.39 is 5.41 Å². The van der Waals surface area contributed by atoms with Crippen molar-refractivity contribution in [3.63, 3.8) is 0 Å². The van der Waals surface area contributed by atoms with E-state index in [1.807, 2.05) is 18.4 Å². The third-order valence-electron chi connectivity index (χ3n) is 6.24. The molecule has 0 unspecified atom stereocenters. The van der Waals surface area contributed by atoms with Crippen LogP contribution in [0.4, 0.5) is 0 Å². The summed E-state index contributed by atoms with van der Waals surface area (Å²) in [7, 11) is 1.34. The highest BCUT2D eigenvalue weighted by Crippen LogP contribution is 2.45. The molecule has 7 heteroatoms. The maximum atomic E-state index is 12.9. The van der Waals surface area contributed by atoms with Crippen LogP contribution in [-0.4, -0.2) is 46.7 Å². The lowest BCUT2D eigenvalue weighted by atomic mass is 9.73. The second-order valence-corrected chi connectivity index (χ2v) is 7.99. The average Bonchev–Trinajstić information content (AvgIpc) is 3.08. The number of methoxy groups -OCH3 is 1. The molecule has 3 rings (SSSR count). The maximum Gasteiger partial charge on any atom is 0.307 e. The first-order valence-electron chi connectivity index (χ1n) is 9.90. The number of Topliss-reactive ketones (excluding diaryl/α,β-unsaturated/α-hetero) is 1. The molecular weight excluding hydrogens is 360 g/mol. The molecule has 2 amide bonds. The van der Waals surface area contributed by atoms with Crippen molar-refractivity contribution in [1.29, 1.82) is 0 Å². The Balaban J connectivity index is 1.74. The molecule has 1 aliphatic heterocycles. The predicted octanol–water partition coefficient (Wildman–Crippen LogP) is 2.56. The molecule has 0 bridgehead atoms. The third kappa shape index (κ3) is 3.62. The van der Waals surface area contributed by atoms with E-state index in [2.05, 4.69) is 4.74 Å². The zero-order valence-corrected chi connectivity index (χ0v) is 16.9. The van der Waals surface area contributed by atoms with E-state index >= 15 is 0 Å². The van der Waals surface area contributed by atoms with Gasteiger partial charge >= 0.3 is 5.97 Å². The summed E-state index contributed by atoms with van der Waals surface area (Å²) in [6, 6.07) is 1.76. The number of aromatic nitrogens is 1. The van der Waals surface area contributed by atoms with Gasteiger partial charge in [-0.15, -0.1) is 0 Å². The predicted molar refractivity (Wildman–Crippen MR) is 102 cm³/mol. The van der Waals surface area contributed by atoms with Crippen molar-refractivity contribution in [3.05, 3.63) is 23.0 Å². The highest BCUT2D eigenvalue weighted by molar-refractivity contribution is 6.10. The quantitative estimate of drug-likeness (QED) is 0.425. The van der Waals surface area contributed by atoms with Gasteiger partial charge in [-0.25, -0.2) is 0 Å². The Hall–Kier alpha value is -2.44. The number of aryl methyl sites for hydroxylation is 1. The van der Waals surface area contributed by atoms with E-state index in [0.717, 1.165) is 48.4 Å². The highest BCUT2D eigenvalue weighted by Gasteiger charge is 2.51. The van der Waals surface area contributed by atoms with Crippen LogP contribution < -0.4 is 0 Å². The zero-order valence-electron chi connectivity index (χ0n) is 16.9. The number of imide groups is 1. The van der Waals surface area contributed by atoms with Gasteiger partial charge in [-0.2, -0.15) is 0 Å². The van der Waals surface area contributed by atoms with Gasteiger partial charge in [0.15, 0.2) is 5.78 Å². The van der Waals surface area contributed by atoms with Gasteiger partial charge in [-0.3, -0.25) is 24.1 Å². The Morgan fingerprint density at radius 2 is 1.82 bits per heavy atom. The number of esters is 1. The number of nitrogens with zero attached hydrogens (tertiary/aromatic N) is 2. The van der Waals surface area contributed by atoms with Crippen molar-refractivity contribution in [2.75, 3.05) is 13.7 Å². The number of ketones is 1. The van der Waals surface area contributed by atoms with E-state index in [4.69, 9.17) is 0 Å². The fourth-order valence-electron chi connectivity index (χ4n) is 4.60. The Labute approximate surface area is 165 Å². The Morgan fingerprint density at radius 1 is 1.14 bits per heavy atom. The average molecular weight is 388 g/mol. The smallest absolute Gasteiger partial charge is 0.307 e. The molecule has 0 aromatic carbocycles. The molecule has 1 saturated heterocycles. The molecule has 1 aliphatic carbocycles. The molecular formula is C21H28N2O5. The Bertz CT molecular complexity index is 817. The molecule has 1 saturated carbocycles. The summed E-state index contributed by atoms with van der Waals surface area (Å²) in [5.41, 5.74) is 1.51. The lowest BCUT2D eigenvalue weighted by Crippen LogP contribution is -2.39. The first-order chi connectivity index (χ1) is 13.3. The molecule has 1 aromatic rings. The van der Waals surface area contributed by atoms with Crippen LogP contribution in [0, 0.1) is 19.3 Å². The number of carbonyl (C=O) groups is 4. The summed E-state index contributed by atoms with van der Waals surface area (Å²) in [4.78, 5) is 50.9. The molecule has 7 nitrogen and oxygen atoms in total. The summed E-state index contributed by atoms with van der Waals surface area (Å²) in [5.74, 6) is -0.969. The van der Waals surface area contributed by atoms with Crippen LogP contribution in [0.5, 0.6) is 0 Å². The van der Waals surface area contributed by atoms with Crippen molar-refractivity contribution in [1.82, 2.24) is 9.47 Å². The first-order valence-corrected chi connectivity index (χ1v) is 9.90. The summed E-state index contributed by atoms with van der Waals surface area (Å²) in [5, 5.41) is 0. The Kier molecular flexibility index (Phi) is 5.72. The largest absolute Gasteiger partial charge is 0.469 e. The van der Waals surface area contributed by atoms with Crippen LogP contribution >= 0.6 is 0 Å². The summed E-state index contributed by atoms with van der Waals surface area (Å²) < 4.78 is 6.56. The Morgan fingerprint density at radius 3 is 2.46 bits per heavy atom. The molecule has 1 spiro atoms. The number of ether oxygens (including phenoxy) is 1. The van der Waals surface area contributed by atoms with E-state index in [1.165, 1.54) is 7.11 Å². The molecule has 28 heavy (non-hydrogen) atoms. The second-order valence-electron chi connectivity index (χ2n) is 7.99. The van der Waals surface area contributed by atoms with Crippen LogP contribution in [0.25, 0.3) is 0 Å². The van der Waals surface area contributed by atoms with Gasteiger partial charge in [0.05, 0.1) is 25.5 Å². The number of amides is 2. The molecule has 0 radical (unpaired) electrons. The third-order valence-corrected chi connectivity index (χ3v) is 6.24. The van der Waals surface area contributed by atoms with E-state index in [9.17, 15) is 19.2 Å². The molecule has 152 valence electrons. The number of likely N-dealkylation sites (tertiary alicyclic amines) is 1. The lowest BCUT2D eigenvalue weighted by molar-refractivity contribution is -0.142. The van der Waals surface area contributed by atoms with Gasteiger partial charge in [0.25, 0.3) is 0 Å². The van der Waals surface area contributed by atoms with Crippen molar-refractivity contribution in [3.8, 4) is 0 Å². The molecule has 1 aromatic heterocycles. The van der Waals surface area contributed by atoms with E-state index in [1.54, 1.807) is 6.07 Å². The summed E-state index contributed by atoms with van der Waals surface area (Å²) >= 11 is 0. The maximum absolute atomic E-state index is 12.9. The van der Waals surface area contributed by atoms with Gasteiger partial charge in [0.2, 0.25) is 11.8 Å². The topological polar surface area (TPSA) is 85.7 Å². The number of hydrogen-bond acceptors (Lipinski definition) is 5. The minimum absolute atomic E-state index is 0.176. The van der Waals surface area contributed by atoms with Gasteiger partial charge in [0.1, 0.15) is 0 Å². The van der Waals surface area contributed by atoms with E-state index in [0.29, 0.717) is 12.1 Å². The summed E-state index contributed by atoms with van der Waals surface area (Å²) in [6.45, 7) is 3.89. The number of hydrogen-bond donors (Lipinski definition) is 0.